The summed E-state index contributed by atoms with van der Waals surface area (Å²) in [4.78, 5) is 14.4. The number of aromatic nitrogens is 5. The van der Waals surface area contributed by atoms with Crippen molar-refractivity contribution in [1.82, 2.24) is 34.4 Å². The Balaban J connectivity index is 1.28. The van der Waals surface area contributed by atoms with Gasteiger partial charge in [-0.25, -0.2) is 9.97 Å². The maximum Gasteiger partial charge on any atom is 0.214 e. The standard InChI is InChI=1S/C24H28N8/c1-30-9-11-31(12-10-30)16-17-3-2-4-19(13-17)20-15-23-25-7-8-32(23)24(26-20)27-22-14-21(28-29-22)18-5-6-18/h2-4,7-8,13-15,18H,5-6,9-12,16H2,1H3,(H2,26,27,28,29). The summed E-state index contributed by atoms with van der Waals surface area (Å²) >= 11 is 0. The Morgan fingerprint density at radius 1 is 1.09 bits per heavy atom. The molecule has 6 rings (SSSR count). The van der Waals surface area contributed by atoms with E-state index in [2.05, 4.69) is 67.7 Å². The zero-order valence-electron chi connectivity index (χ0n) is 18.3. The van der Waals surface area contributed by atoms with Gasteiger partial charge in [-0.05, 0) is 31.5 Å². The van der Waals surface area contributed by atoms with Crippen LogP contribution in [-0.2, 0) is 6.54 Å². The minimum absolute atomic E-state index is 0.633. The van der Waals surface area contributed by atoms with Gasteiger partial charge >= 0.3 is 0 Å². The van der Waals surface area contributed by atoms with Crippen molar-refractivity contribution in [2.45, 2.75) is 25.3 Å². The third kappa shape index (κ3) is 3.99. The number of rotatable bonds is 6. The van der Waals surface area contributed by atoms with E-state index in [9.17, 15) is 0 Å². The number of benzene rings is 1. The van der Waals surface area contributed by atoms with E-state index < -0.39 is 0 Å². The molecule has 0 unspecified atom stereocenters. The fourth-order valence-corrected chi connectivity index (χ4v) is 4.37. The minimum atomic E-state index is 0.633. The minimum Gasteiger partial charge on any atom is -0.308 e. The van der Waals surface area contributed by atoms with Crippen molar-refractivity contribution in [3.8, 4) is 11.3 Å². The quantitative estimate of drug-likeness (QED) is 0.490. The molecule has 0 amide bonds. The van der Waals surface area contributed by atoms with Crippen LogP contribution >= 0.6 is 0 Å². The predicted octanol–water partition coefficient (Wildman–Crippen LogP) is 3.49. The average molecular weight is 429 g/mol. The Kier molecular flexibility index (Phi) is 4.88. The van der Waals surface area contributed by atoms with E-state index in [1.165, 1.54) is 24.1 Å². The molecular formula is C24H28N8. The van der Waals surface area contributed by atoms with Crippen molar-refractivity contribution in [3.05, 3.63) is 60.0 Å². The number of fused-ring (bicyclic) bond motifs is 1. The fourth-order valence-electron chi connectivity index (χ4n) is 4.37. The largest absolute Gasteiger partial charge is 0.308 e. The molecule has 1 saturated carbocycles. The van der Waals surface area contributed by atoms with Gasteiger partial charge in [-0.3, -0.25) is 14.4 Å². The van der Waals surface area contributed by atoms with Gasteiger partial charge in [0.25, 0.3) is 0 Å². The fraction of sp³-hybridized carbons (Fsp3) is 0.375. The van der Waals surface area contributed by atoms with Gasteiger partial charge in [-0.2, -0.15) is 5.10 Å². The third-order valence-corrected chi connectivity index (χ3v) is 6.47. The summed E-state index contributed by atoms with van der Waals surface area (Å²) in [5.41, 5.74) is 5.38. The third-order valence-electron chi connectivity index (χ3n) is 6.47. The first-order valence-electron chi connectivity index (χ1n) is 11.4. The lowest BCUT2D eigenvalue weighted by Gasteiger charge is -2.32. The molecule has 8 nitrogen and oxygen atoms in total. The van der Waals surface area contributed by atoms with E-state index in [4.69, 9.17) is 4.98 Å². The number of likely N-dealkylation sites (N-methyl/N-ethyl adjacent to an activating group) is 1. The maximum absolute atomic E-state index is 4.94. The van der Waals surface area contributed by atoms with Crippen molar-refractivity contribution in [2.24, 2.45) is 0 Å². The van der Waals surface area contributed by atoms with Gasteiger partial charge in [0.15, 0.2) is 5.82 Å². The molecule has 2 N–H and O–H groups in total. The number of H-pyrrole nitrogens is 1. The van der Waals surface area contributed by atoms with Gasteiger partial charge in [0.2, 0.25) is 5.95 Å². The first-order valence-corrected chi connectivity index (χ1v) is 11.4. The number of imidazole rings is 1. The van der Waals surface area contributed by atoms with E-state index in [1.807, 2.05) is 16.7 Å². The van der Waals surface area contributed by atoms with E-state index in [0.29, 0.717) is 11.9 Å². The number of nitrogens with zero attached hydrogens (tertiary/aromatic N) is 6. The number of aromatic amines is 1. The van der Waals surface area contributed by atoms with Crippen molar-refractivity contribution in [1.29, 1.82) is 0 Å². The topological polar surface area (TPSA) is 77.4 Å². The Bertz CT molecular complexity index is 1230. The molecule has 8 heteroatoms. The van der Waals surface area contributed by atoms with E-state index in [0.717, 1.165) is 55.4 Å². The Hall–Kier alpha value is -3.23. The van der Waals surface area contributed by atoms with Crippen LogP contribution in [0.3, 0.4) is 0 Å². The number of anilines is 2. The molecular weight excluding hydrogens is 400 g/mol. The Morgan fingerprint density at radius 2 is 1.97 bits per heavy atom. The highest BCUT2D eigenvalue weighted by atomic mass is 15.3. The normalized spacial score (nSPS) is 17.8. The summed E-state index contributed by atoms with van der Waals surface area (Å²) in [7, 11) is 2.19. The highest BCUT2D eigenvalue weighted by Gasteiger charge is 2.25. The van der Waals surface area contributed by atoms with Crippen LogP contribution in [0, 0.1) is 0 Å². The Labute approximate surface area is 187 Å². The van der Waals surface area contributed by atoms with E-state index in [-0.39, 0.29) is 0 Å². The molecule has 3 aromatic heterocycles. The van der Waals surface area contributed by atoms with E-state index >= 15 is 0 Å². The van der Waals surface area contributed by atoms with Gasteiger partial charge in [0.1, 0.15) is 5.65 Å². The molecule has 0 radical (unpaired) electrons. The lowest BCUT2D eigenvalue weighted by molar-refractivity contribution is 0.148. The van der Waals surface area contributed by atoms with Gasteiger partial charge in [0.05, 0.1) is 5.69 Å². The summed E-state index contributed by atoms with van der Waals surface area (Å²) in [6.07, 6.45) is 6.21. The van der Waals surface area contributed by atoms with Crippen LogP contribution in [0.5, 0.6) is 0 Å². The SMILES string of the molecule is CN1CCN(Cc2cccc(-c3cc4nccn4c(Nc4cc(C5CC5)[nH]n4)n3)c2)CC1. The van der Waals surface area contributed by atoms with Crippen LogP contribution in [-0.4, -0.2) is 67.6 Å². The van der Waals surface area contributed by atoms with Gasteiger partial charge < -0.3 is 10.2 Å². The van der Waals surface area contributed by atoms with Crippen LogP contribution in [0.1, 0.15) is 30.0 Å². The summed E-state index contributed by atoms with van der Waals surface area (Å²) in [6.45, 7) is 5.44. The number of nitrogens with one attached hydrogen (secondary N) is 2. The molecule has 4 heterocycles. The van der Waals surface area contributed by atoms with Crippen LogP contribution < -0.4 is 5.32 Å². The zero-order chi connectivity index (χ0) is 21.5. The van der Waals surface area contributed by atoms with Crippen LogP contribution in [0.25, 0.3) is 16.9 Å². The second kappa shape index (κ2) is 8.03. The molecule has 1 aliphatic carbocycles. The maximum atomic E-state index is 4.94. The second-order valence-corrected chi connectivity index (χ2v) is 9.01. The molecule has 0 bridgehead atoms. The Morgan fingerprint density at radius 3 is 2.81 bits per heavy atom. The van der Waals surface area contributed by atoms with Crippen molar-refractivity contribution < 1.29 is 0 Å². The average Bonchev–Trinajstić information content (AvgIpc) is 3.35. The molecule has 164 valence electrons. The first kappa shape index (κ1) is 19.5. The zero-order valence-corrected chi connectivity index (χ0v) is 18.3. The molecule has 0 atom stereocenters. The molecule has 1 aliphatic heterocycles. The summed E-state index contributed by atoms with van der Waals surface area (Å²) in [5, 5.41) is 11.0. The number of hydrogen-bond donors (Lipinski definition) is 2. The molecule has 1 saturated heterocycles. The van der Waals surface area contributed by atoms with E-state index in [1.54, 1.807) is 6.20 Å². The first-order chi connectivity index (χ1) is 15.7. The molecule has 4 aromatic rings. The molecule has 0 spiro atoms. The summed E-state index contributed by atoms with van der Waals surface area (Å²) in [6, 6.07) is 12.8. The highest BCUT2D eigenvalue weighted by Crippen LogP contribution is 2.39. The summed E-state index contributed by atoms with van der Waals surface area (Å²) < 4.78 is 1.96. The smallest absolute Gasteiger partial charge is 0.214 e. The van der Waals surface area contributed by atoms with Crippen molar-refractivity contribution in [2.75, 3.05) is 38.5 Å². The molecule has 1 aromatic carbocycles. The summed E-state index contributed by atoms with van der Waals surface area (Å²) in [5.74, 6) is 2.14. The number of hydrogen-bond acceptors (Lipinski definition) is 6. The van der Waals surface area contributed by atoms with Crippen LogP contribution in [0.2, 0.25) is 0 Å². The van der Waals surface area contributed by atoms with Gasteiger partial charge in [-0.1, -0.05) is 18.2 Å². The molecule has 2 fully saturated rings. The van der Waals surface area contributed by atoms with Gasteiger partial charge in [-0.15, -0.1) is 0 Å². The second-order valence-electron chi connectivity index (χ2n) is 9.01. The van der Waals surface area contributed by atoms with Crippen LogP contribution in [0.4, 0.5) is 11.8 Å². The number of piperazine rings is 1. The van der Waals surface area contributed by atoms with Gasteiger partial charge in [0, 0.05) is 74.4 Å². The monoisotopic (exact) mass is 428 g/mol. The lowest BCUT2D eigenvalue weighted by atomic mass is 10.1. The predicted molar refractivity (Wildman–Crippen MR) is 125 cm³/mol. The highest BCUT2D eigenvalue weighted by molar-refractivity contribution is 5.68. The van der Waals surface area contributed by atoms with Crippen LogP contribution in [0.15, 0.2) is 48.8 Å². The van der Waals surface area contributed by atoms with Crippen molar-refractivity contribution >= 4 is 17.4 Å². The lowest BCUT2D eigenvalue weighted by Crippen LogP contribution is -2.43. The molecule has 32 heavy (non-hydrogen) atoms. The molecule has 2 aliphatic rings. The van der Waals surface area contributed by atoms with Crippen molar-refractivity contribution in [3.63, 3.8) is 0 Å².